The molecule has 1 aliphatic rings. The van der Waals surface area contributed by atoms with Crippen molar-refractivity contribution in [3.05, 3.63) is 59.0 Å². The van der Waals surface area contributed by atoms with Crippen molar-refractivity contribution >= 4 is 35.2 Å². The van der Waals surface area contributed by atoms with Gasteiger partial charge in [-0.1, -0.05) is 23.7 Å². The Hall–Kier alpha value is -1.92. The van der Waals surface area contributed by atoms with Gasteiger partial charge in [0.25, 0.3) is 5.91 Å². The monoisotopic (exact) mass is 378 g/mol. The molecule has 2 amide bonds. The number of furan rings is 1. The molecule has 0 spiro atoms. The minimum Gasteiger partial charge on any atom is -0.472 e. The first-order chi connectivity index (χ1) is 12.0. The molecule has 2 aromatic rings. The highest BCUT2D eigenvalue weighted by Gasteiger charge is 2.43. The van der Waals surface area contributed by atoms with Crippen molar-refractivity contribution < 1.29 is 14.0 Å². The first-order valence-electron chi connectivity index (χ1n) is 8.00. The molecule has 2 unspecified atom stereocenters. The van der Waals surface area contributed by atoms with Crippen LogP contribution in [0.3, 0.4) is 0 Å². The van der Waals surface area contributed by atoms with Gasteiger partial charge in [0.05, 0.1) is 23.1 Å². The first kappa shape index (κ1) is 17.9. The fraction of sp³-hybridized carbons (Fsp3) is 0.333. The Bertz CT molecular complexity index is 763. The van der Waals surface area contributed by atoms with Gasteiger partial charge in [0.1, 0.15) is 11.4 Å². The third-order valence-corrected chi connectivity index (χ3v) is 5.55. The van der Waals surface area contributed by atoms with Crippen LogP contribution in [0.1, 0.15) is 35.1 Å². The summed E-state index contributed by atoms with van der Waals surface area (Å²) in [5.41, 5.74) is 1.24. The van der Waals surface area contributed by atoms with E-state index in [1.165, 1.54) is 0 Å². The number of nitrogens with one attached hydrogen (secondary N) is 1. The lowest BCUT2D eigenvalue weighted by atomic mass is 10.1. The third-order valence-electron chi connectivity index (χ3n) is 3.90. The highest BCUT2D eigenvalue weighted by Crippen LogP contribution is 2.42. The minimum atomic E-state index is -0.559. The molecular formula is C18H19ClN2O3S. The van der Waals surface area contributed by atoms with Gasteiger partial charge in [0.2, 0.25) is 5.91 Å². The maximum atomic E-state index is 13.2. The molecule has 1 aromatic heterocycles. The average molecular weight is 379 g/mol. The summed E-state index contributed by atoms with van der Waals surface area (Å²) < 4.78 is 5.17. The maximum Gasteiger partial charge on any atom is 0.257 e. The summed E-state index contributed by atoms with van der Waals surface area (Å²) in [6.07, 6.45) is 3.17. The van der Waals surface area contributed by atoms with Crippen molar-refractivity contribution in [1.82, 2.24) is 10.2 Å². The second-order valence-electron chi connectivity index (χ2n) is 6.11. The number of rotatable bonds is 4. The standard InChI is InChI=1S/C18H19ClN2O3S/c1-11(2)20-16(22)15-10-25-18(12-7-8-24-9-12)21(15)17(23)13-5-3-4-6-14(13)19/h3-9,11,15,18H,10H2,1-2H3,(H,20,22). The number of carbonyl (C=O) groups excluding carboxylic acids is 2. The van der Waals surface area contributed by atoms with Gasteiger partial charge >= 0.3 is 0 Å². The van der Waals surface area contributed by atoms with Gasteiger partial charge in [-0.3, -0.25) is 9.59 Å². The molecule has 0 bridgehead atoms. The molecule has 5 nitrogen and oxygen atoms in total. The summed E-state index contributed by atoms with van der Waals surface area (Å²) in [5.74, 6) is 0.101. The molecule has 1 saturated heterocycles. The maximum absolute atomic E-state index is 13.2. The number of carbonyl (C=O) groups is 2. The average Bonchev–Trinajstić information content (AvgIpc) is 3.23. The first-order valence-corrected chi connectivity index (χ1v) is 9.43. The number of amides is 2. The van der Waals surface area contributed by atoms with Gasteiger partial charge in [-0.05, 0) is 32.0 Å². The minimum absolute atomic E-state index is 0.00254. The Morgan fingerprint density at radius 3 is 2.72 bits per heavy atom. The summed E-state index contributed by atoms with van der Waals surface area (Å²) in [6, 6.07) is 8.14. The van der Waals surface area contributed by atoms with Crippen LogP contribution in [0.5, 0.6) is 0 Å². The summed E-state index contributed by atoms with van der Waals surface area (Å²) in [4.78, 5) is 27.4. The molecule has 1 fully saturated rings. The topological polar surface area (TPSA) is 62.6 Å². The molecule has 3 rings (SSSR count). The van der Waals surface area contributed by atoms with Crippen LogP contribution < -0.4 is 5.32 Å². The predicted molar refractivity (Wildman–Crippen MR) is 98.6 cm³/mol. The van der Waals surface area contributed by atoms with E-state index in [9.17, 15) is 9.59 Å². The molecule has 1 N–H and O–H groups in total. The van der Waals surface area contributed by atoms with Gasteiger partial charge in [-0.2, -0.15) is 0 Å². The van der Waals surface area contributed by atoms with E-state index < -0.39 is 6.04 Å². The molecule has 0 saturated carbocycles. The van der Waals surface area contributed by atoms with Crippen LogP contribution in [0.25, 0.3) is 0 Å². The molecule has 132 valence electrons. The molecule has 1 aromatic carbocycles. The van der Waals surface area contributed by atoms with Crippen LogP contribution >= 0.6 is 23.4 Å². The zero-order valence-electron chi connectivity index (χ0n) is 13.9. The fourth-order valence-corrected chi connectivity index (χ4v) is 4.41. The molecule has 0 radical (unpaired) electrons. The van der Waals surface area contributed by atoms with E-state index in [1.807, 2.05) is 19.9 Å². The van der Waals surface area contributed by atoms with Gasteiger partial charge in [0, 0.05) is 17.4 Å². The quantitative estimate of drug-likeness (QED) is 0.880. The Balaban J connectivity index is 1.96. The van der Waals surface area contributed by atoms with E-state index in [2.05, 4.69) is 5.32 Å². The Morgan fingerprint density at radius 1 is 1.32 bits per heavy atom. The summed E-state index contributed by atoms with van der Waals surface area (Å²) in [7, 11) is 0. The smallest absolute Gasteiger partial charge is 0.257 e. The van der Waals surface area contributed by atoms with Crippen LogP contribution in [0, 0.1) is 0 Å². The zero-order valence-corrected chi connectivity index (χ0v) is 15.5. The van der Waals surface area contributed by atoms with E-state index in [-0.39, 0.29) is 23.2 Å². The predicted octanol–water partition coefficient (Wildman–Crippen LogP) is 3.71. The van der Waals surface area contributed by atoms with Crippen LogP contribution in [-0.4, -0.2) is 34.6 Å². The lowest BCUT2D eigenvalue weighted by Gasteiger charge is -2.29. The summed E-state index contributed by atoms with van der Waals surface area (Å²) in [6.45, 7) is 3.79. The van der Waals surface area contributed by atoms with Gasteiger partial charge in [-0.15, -0.1) is 11.8 Å². The third kappa shape index (κ3) is 3.70. The molecule has 0 aliphatic carbocycles. The van der Waals surface area contributed by atoms with Crippen molar-refractivity contribution in [3.8, 4) is 0 Å². The van der Waals surface area contributed by atoms with E-state index in [1.54, 1.807) is 53.5 Å². The Kier molecular flexibility index (Phi) is 5.39. The van der Waals surface area contributed by atoms with E-state index in [0.29, 0.717) is 16.3 Å². The fourth-order valence-electron chi connectivity index (χ4n) is 2.78. The molecular weight excluding hydrogens is 360 g/mol. The molecule has 2 heterocycles. The van der Waals surface area contributed by atoms with Crippen molar-refractivity contribution in [1.29, 1.82) is 0 Å². The van der Waals surface area contributed by atoms with Crippen LogP contribution in [0.4, 0.5) is 0 Å². The Morgan fingerprint density at radius 2 is 2.08 bits per heavy atom. The summed E-state index contributed by atoms with van der Waals surface area (Å²) >= 11 is 7.75. The van der Waals surface area contributed by atoms with Crippen molar-refractivity contribution in [2.75, 3.05) is 5.75 Å². The molecule has 7 heteroatoms. The summed E-state index contributed by atoms with van der Waals surface area (Å²) in [5, 5.41) is 2.99. The normalized spacial score (nSPS) is 20.1. The van der Waals surface area contributed by atoms with Crippen molar-refractivity contribution in [2.24, 2.45) is 0 Å². The van der Waals surface area contributed by atoms with Gasteiger partial charge in [0.15, 0.2) is 0 Å². The number of benzene rings is 1. The number of hydrogen-bond acceptors (Lipinski definition) is 4. The highest BCUT2D eigenvalue weighted by molar-refractivity contribution is 7.99. The number of hydrogen-bond donors (Lipinski definition) is 1. The van der Waals surface area contributed by atoms with Crippen molar-refractivity contribution in [3.63, 3.8) is 0 Å². The molecule has 1 aliphatic heterocycles. The lowest BCUT2D eigenvalue weighted by Crippen LogP contribution is -2.49. The van der Waals surface area contributed by atoms with E-state index in [4.69, 9.17) is 16.0 Å². The molecule has 2 atom stereocenters. The SMILES string of the molecule is CC(C)NC(=O)C1CSC(c2ccoc2)N1C(=O)c1ccccc1Cl. The second-order valence-corrected chi connectivity index (χ2v) is 7.63. The zero-order chi connectivity index (χ0) is 18.0. The number of nitrogens with zero attached hydrogens (tertiary/aromatic N) is 1. The molecule has 25 heavy (non-hydrogen) atoms. The number of halogens is 1. The largest absolute Gasteiger partial charge is 0.472 e. The van der Waals surface area contributed by atoms with Crippen molar-refractivity contribution in [2.45, 2.75) is 31.3 Å². The van der Waals surface area contributed by atoms with Crippen LogP contribution in [-0.2, 0) is 4.79 Å². The van der Waals surface area contributed by atoms with Crippen LogP contribution in [0.2, 0.25) is 5.02 Å². The Labute approximate surface area is 155 Å². The van der Waals surface area contributed by atoms with Gasteiger partial charge < -0.3 is 14.6 Å². The second kappa shape index (κ2) is 7.54. The van der Waals surface area contributed by atoms with Crippen LogP contribution in [0.15, 0.2) is 47.3 Å². The van der Waals surface area contributed by atoms with Gasteiger partial charge in [-0.25, -0.2) is 0 Å². The number of thioether (sulfide) groups is 1. The highest BCUT2D eigenvalue weighted by atomic mass is 35.5. The lowest BCUT2D eigenvalue weighted by molar-refractivity contribution is -0.125. The van der Waals surface area contributed by atoms with E-state index >= 15 is 0 Å². The van der Waals surface area contributed by atoms with E-state index in [0.717, 1.165) is 5.56 Å².